The second-order valence-electron chi connectivity index (χ2n) is 3.22. The zero-order chi connectivity index (χ0) is 10.1. The lowest BCUT2D eigenvalue weighted by atomic mass is 10.1. The van der Waals surface area contributed by atoms with E-state index in [4.69, 9.17) is 0 Å². The van der Waals surface area contributed by atoms with Gasteiger partial charge in [0.15, 0.2) is 5.65 Å². The van der Waals surface area contributed by atoms with E-state index in [1.54, 1.807) is 10.8 Å². The van der Waals surface area contributed by atoms with Crippen molar-refractivity contribution in [1.82, 2.24) is 19.8 Å². The Hall–Kier alpha value is -2.23. The van der Waals surface area contributed by atoms with Gasteiger partial charge in [-0.15, -0.1) is 10.2 Å². The average molecular weight is 196 g/mol. The van der Waals surface area contributed by atoms with Crippen molar-refractivity contribution in [3.8, 4) is 11.3 Å². The third-order valence-electron chi connectivity index (χ3n) is 2.23. The molecular formula is C11H8N4. The molecule has 0 saturated carbocycles. The molecule has 3 aromatic rings. The van der Waals surface area contributed by atoms with Crippen molar-refractivity contribution < 1.29 is 0 Å². The van der Waals surface area contributed by atoms with Crippen molar-refractivity contribution >= 4 is 5.65 Å². The van der Waals surface area contributed by atoms with E-state index in [2.05, 4.69) is 15.3 Å². The standard InChI is InChI=1S/C11H8N4/c1-2-4-9(5-3-1)10-6-7-11-13-12-8-15(11)14-10/h1-8H. The lowest BCUT2D eigenvalue weighted by molar-refractivity contribution is 0.932. The monoisotopic (exact) mass is 196 g/mol. The average Bonchev–Trinajstić information content (AvgIpc) is 2.77. The molecule has 4 heteroatoms. The number of benzene rings is 1. The van der Waals surface area contributed by atoms with E-state index in [0.717, 1.165) is 16.9 Å². The minimum Gasteiger partial charge on any atom is -0.200 e. The number of rotatable bonds is 1. The van der Waals surface area contributed by atoms with Gasteiger partial charge in [-0.2, -0.15) is 9.61 Å². The summed E-state index contributed by atoms with van der Waals surface area (Å²) >= 11 is 0. The van der Waals surface area contributed by atoms with Crippen LogP contribution < -0.4 is 0 Å². The van der Waals surface area contributed by atoms with Gasteiger partial charge in [0, 0.05) is 5.56 Å². The molecule has 3 rings (SSSR count). The largest absolute Gasteiger partial charge is 0.200 e. The number of nitrogens with zero attached hydrogens (tertiary/aromatic N) is 4. The molecule has 0 aliphatic heterocycles. The number of aromatic nitrogens is 4. The summed E-state index contributed by atoms with van der Waals surface area (Å²) in [6.07, 6.45) is 1.60. The van der Waals surface area contributed by atoms with Gasteiger partial charge in [0.2, 0.25) is 0 Å². The number of hydrogen-bond acceptors (Lipinski definition) is 3. The molecule has 2 aromatic heterocycles. The van der Waals surface area contributed by atoms with Gasteiger partial charge in [-0.25, -0.2) is 0 Å². The summed E-state index contributed by atoms with van der Waals surface area (Å²) in [6, 6.07) is 13.9. The van der Waals surface area contributed by atoms with Crippen LogP contribution in [0.5, 0.6) is 0 Å². The van der Waals surface area contributed by atoms with Crippen LogP contribution in [0.3, 0.4) is 0 Å². The van der Waals surface area contributed by atoms with E-state index in [9.17, 15) is 0 Å². The van der Waals surface area contributed by atoms with E-state index >= 15 is 0 Å². The lowest BCUT2D eigenvalue weighted by Crippen LogP contribution is -1.92. The zero-order valence-corrected chi connectivity index (χ0v) is 7.91. The maximum Gasteiger partial charge on any atom is 0.177 e. The van der Waals surface area contributed by atoms with E-state index in [1.807, 2.05) is 42.5 Å². The SMILES string of the molecule is c1ccc(-c2ccc3nncn3n2)cc1. The highest BCUT2D eigenvalue weighted by molar-refractivity contribution is 5.59. The molecule has 0 aliphatic carbocycles. The fraction of sp³-hybridized carbons (Fsp3) is 0. The summed E-state index contributed by atoms with van der Waals surface area (Å²) in [5.74, 6) is 0. The van der Waals surface area contributed by atoms with Crippen LogP contribution in [0.1, 0.15) is 0 Å². The summed E-state index contributed by atoms with van der Waals surface area (Å²) in [5.41, 5.74) is 2.77. The van der Waals surface area contributed by atoms with Gasteiger partial charge in [0.25, 0.3) is 0 Å². The Morgan fingerprint density at radius 3 is 2.67 bits per heavy atom. The van der Waals surface area contributed by atoms with Crippen LogP contribution in [0.15, 0.2) is 48.8 Å². The van der Waals surface area contributed by atoms with Crippen LogP contribution >= 0.6 is 0 Å². The molecule has 0 aliphatic rings. The lowest BCUT2D eigenvalue weighted by Gasteiger charge is -1.99. The molecule has 72 valence electrons. The minimum absolute atomic E-state index is 0.759. The number of fused-ring (bicyclic) bond motifs is 1. The van der Waals surface area contributed by atoms with Gasteiger partial charge < -0.3 is 0 Å². The predicted octanol–water partition coefficient (Wildman–Crippen LogP) is 1.79. The Morgan fingerprint density at radius 2 is 1.80 bits per heavy atom. The Morgan fingerprint density at radius 1 is 0.933 bits per heavy atom. The van der Waals surface area contributed by atoms with Crippen LogP contribution in [-0.2, 0) is 0 Å². The van der Waals surface area contributed by atoms with Crippen molar-refractivity contribution in [3.05, 3.63) is 48.8 Å². The fourth-order valence-corrected chi connectivity index (χ4v) is 1.49. The molecule has 0 spiro atoms. The maximum atomic E-state index is 4.40. The predicted molar refractivity (Wildman–Crippen MR) is 56.2 cm³/mol. The second kappa shape index (κ2) is 3.16. The molecular weight excluding hydrogens is 188 g/mol. The highest BCUT2D eigenvalue weighted by Crippen LogP contribution is 2.15. The summed E-state index contributed by atoms with van der Waals surface area (Å²) in [5, 5.41) is 12.1. The van der Waals surface area contributed by atoms with E-state index in [0.29, 0.717) is 0 Å². The van der Waals surface area contributed by atoms with Crippen LogP contribution in [0, 0.1) is 0 Å². The zero-order valence-electron chi connectivity index (χ0n) is 7.91. The van der Waals surface area contributed by atoms with E-state index in [1.165, 1.54) is 0 Å². The molecule has 15 heavy (non-hydrogen) atoms. The molecule has 0 saturated heterocycles. The van der Waals surface area contributed by atoms with Crippen molar-refractivity contribution in [3.63, 3.8) is 0 Å². The molecule has 0 atom stereocenters. The van der Waals surface area contributed by atoms with E-state index < -0.39 is 0 Å². The summed E-state index contributed by atoms with van der Waals surface area (Å²) < 4.78 is 1.67. The Bertz CT molecular complexity index is 586. The summed E-state index contributed by atoms with van der Waals surface area (Å²) in [6.45, 7) is 0. The smallest absolute Gasteiger partial charge is 0.177 e. The molecule has 4 nitrogen and oxygen atoms in total. The molecule has 1 aromatic carbocycles. The van der Waals surface area contributed by atoms with Crippen molar-refractivity contribution in [2.24, 2.45) is 0 Å². The van der Waals surface area contributed by atoms with Crippen LogP contribution in [0.25, 0.3) is 16.9 Å². The molecule has 0 N–H and O–H groups in total. The minimum atomic E-state index is 0.759. The van der Waals surface area contributed by atoms with Crippen LogP contribution in [-0.4, -0.2) is 19.8 Å². The molecule has 0 radical (unpaired) electrons. The molecule has 0 fully saturated rings. The van der Waals surface area contributed by atoms with Crippen LogP contribution in [0.4, 0.5) is 0 Å². The van der Waals surface area contributed by atoms with Gasteiger partial charge in [-0.05, 0) is 12.1 Å². The second-order valence-corrected chi connectivity index (χ2v) is 3.22. The highest BCUT2D eigenvalue weighted by Gasteiger charge is 2.00. The first-order chi connectivity index (χ1) is 7.43. The molecule has 0 amide bonds. The first-order valence-corrected chi connectivity index (χ1v) is 4.66. The van der Waals surface area contributed by atoms with Crippen molar-refractivity contribution in [2.45, 2.75) is 0 Å². The first kappa shape index (κ1) is 8.11. The summed E-state index contributed by atoms with van der Waals surface area (Å²) in [4.78, 5) is 0. The highest BCUT2D eigenvalue weighted by atomic mass is 15.3. The Kier molecular flexibility index (Phi) is 1.71. The normalized spacial score (nSPS) is 10.7. The Balaban J connectivity index is 2.19. The van der Waals surface area contributed by atoms with Gasteiger partial charge in [-0.1, -0.05) is 30.3 Å². The number of hydrogen-bond donors (Lipinski definition) is 0. The topological polar surface area (TPSA) is 43.1 Å². The molecule has 2 heterocycles. The fourth-order valence-electron chi connectivity index (χ4n) is 1.49. The van der Waals surface area contributed by atoms with Crippen molar-refractivity contribution in [1.29, 1.82) is 0 Å². The van der Waals surface area contributed by atoms with E-state index in [-0.39, 0.29) is 0 Å². The van der Waals surface area contributed by atoms with Crippen LogP contribution in [0.2, 0.25) is 0 Å². The van der Waals surface area contributed by atoms with Gasteiger partial charge in [0.05, 0.1) is 5.69 Å². The van der Waals surface area contributed by atoms with Gasteiger partial charge >= 0.3 is 0 Å². The van der Waals surface area contributed by atoms with Crippen molar-refractivity contribution in [2.75, 3.05) is 0 Å². The quantitative estimate of drug-likeness (QED) is 0.596. The molecule has 0 bridgehead atoms. The van der Waals surface area contributed by atoms with Gasteiger partial charge in [0.1, 0.15) is 6.33 Å². The first-order valence-electron chi connectivity index (χ1n) is 4.66. The summed E-state index contributed by atoms with van der Waals surface area (Å²) in [7, 11) is 0. The maximum absolute atomic E-state index is 4.40. The molecule has 0 unspecified atom stereocenters. The third-order valence-corrected chi connectivity index (χ3v) is 2.23. The third kappa shape index (κ3) is 1.36. The Labute approximate surface area is 86.2 Å². The van der Waals surface area contributed by atoms with Gasteiger partial charge in [-0.3, -0.25) is 0 Å².